The van der Waals surface area contributed by atoms with Gasteiger partial charge in [-0.05, 0) is 47.7 Å². The van der Waals surface area contributed by atoms with Crippen molar-refractivity contribution in [3.63, 3.8) is 0 Å². The van der Waals surface area contributed by atoms with E-state index in [2.05, 4.69) is 0 Å². The number of amides is 1. The first-order chi connectivity index (χ1) is 14.0. The Morgan fingerprint density at radius 3 is 2.66 bits per heavy atom. The molecule has 2 aromatic rings. The van der Waals surface area contributed by atoms with Gasteiger partial charge < -0.3 is 14.5 Å². The van der Waals surface area contributed by atoms with Crippen molar-refractivity contribution in [3.05, 3.63) is 56.3 Å². The quantitative estimate of drug-likeness (QED) is 0.389. The van der Waals surface area contributed by atoms with Crippen molar-refractivity contribution >= 4 is 34.6 Å². The molecule has 2 heterocycles. The van der Waals surface area contributed by atoms with E-state index < -0.39 is 17.5 Å². The van der Waals surface area contributed by atoms with Crippen LogP contribution in [0.1, 0.15) is 35.2 Å². The van der Waals surface area contributed by atoms with Gasteiger partial charge in [-0.15, -0.1) is 0 Å². The smallest absolute Gasteiger partial charge is 0.341 e. The summed E-state index contributed by atoms with van der Waals surface area (Å²) >= 11 is 1.54. The van der Waals surface area contributed by atoms with Gasteiger partial charge in [-0.2, -0.15) is 11.3 Å². The number of likely N-dealkylation sites (N-methyl/N-ethyl adjacent to an activating group) is 1. The highest BCUT2D eigenvalue weighted by atomic mass is 32.1. The normalized spacial score (nSPS) is 13.8. The topological polar surface area (TPSA) is 93.0 Å². The average molecular weight is 417 g/mol. The zero-order valence-electron chi connectivity index (χ0n) is 16.2. The van der Waals surface area contributed by atoms with Crippen LogP contribution in [0.3, 0.4) is 0 Å². The first kappa shape index (κ1) is 20.8. The second-order valence-electron chi connectivity index (χ2n) is 6.96. The number of piperidine rings is 1. The molecule has 0 aliphatic carbocycles. The van der Waals surface area contributed by atoms with E-state index >= 15 is 0 Å². The van der Waals surface area contributed by atoms with Crippen LogP contribution in [-0.2, 0) is 16.1 Å². The van der Waals surface area contributed by atoms with Crippen LogP contribution < -0.4 is 4.90 Å². The maximum atomic E-state index is 12.7. The molecule has 29 heavy (non-hydrogen) atoms. The molecule has 9 heteroatoms. The summed E-state index contributed by atoms with van der Waals surface area (Å²) in [6.07, 6.45) is 3.11. The summed E-state index contributed by atoms with van der Waals surface area (Å²) < 4.78 is 5.22. The van der Waals surface area contributed by atoms with E-state index in [-0.39, 0.29) is 17.2 Å². The second-order valence-corrected chi connectivity index (χ2v) is 7.74. The summed E-state index contributed by atoms with van der Waals surface area (Å²) in [6.45, 7) is 1.57. The standard InChI is InChI=1S/C20H23N3O5S/c1-21(12-15-7-10-29-14-15)19(24)13-28-20(25)17-11-16(23(26)27)5-6-18(17)22-8-3-2-4-9-22/h5-7,10-11,14H,2-4,8-9,12-13H2,1H3. The fraction of sp³-hybridized carbons (Fsp3) is 0.400. The number of ether oxygens (including phenoxy) is 1. The van der Waals surface area contributed by atoms with Crippen molar-refractivity contribution in [1.82, 2.24) is 4.90 Å². The Morgan fingerprint density at radius 2 is 2.00 bits per heavy atom. The average Bonchev–Trinajstić information content (AvgIpc) is 3.24. The third kappa shape index (κ3) is 5.32. The molecule has 1 fully saturated rings. The minimum absolute atomic E-state index is 0.120. The zero-order valence-corrected chi connectivity index (χ0v) is 17.0. The van der Waals surface area contributed by atoms with E-state index in [9.17, 15) is 19.7 Å². The van der Waals surface area contributed by atoms with Crippen molar-refractivity contribution in [2.45, 2.75) is 25.8 Å². The molecule has 3 rings (SSSR count). The molecule has 1 aliphatic heterocycles. The Balaban J connectivity index is 1.70. The molecular formula is C20H23N3O5S. The van der Waals surface area contributed by atoms with Gasteiger partial charge in [0.15, 0.2) is 6.61 Å². The lowest BCUT2D eigenvalue weighted by Crippen LogP contribution is -2.32. The van der Waals surface area contributed by atoms with Crippen LogP contribution in [0, 0.1) is 10.1 Å². The number of rotatable bonds is 7. The van der Waals surface area contributed by atoms with Crippen LogP contribution in [0.5, 0.6) is 0 Å². The number of thiophene rings is 1. The molecule has 1 aliphatic rings. The lowest BCUT2D eigenvalue weighted by atomic mass is 10.1. The molecule has 0 radical (unpaired) electrons. The molecule has 1 saturated heterocycles. The number of esters is 1. The summed E-state index contributed by atoms with van der Waals surface area (Å²) in [6, 6.07) is 6.13. The lowest BCUT2D eigenvalue weighted by Gasteiger charge is -2.30. The van der Waals surface area contributed by atoms with Gasteiger partial charge >= 0.3 is 5.97 Å². The molecule has 1 aromatic heterocycles. The van der Waals surface area contributed by atoms with E-state index in [0.29, 0.717) is 12.2 Å². The summed E-state index contributed by atoms with van der Waals surface area (Å²) in [5.74, 6) is -1.07. The minimum Gasteiger partial charge on any atom is -0.452 e. The number of anilines is 1. The Labute approximate surface area is 172 Å². The highest BCUT2D eigenvalue weighted by Gasteiger charge is 2.24. The number of benzene rings is 1. The van der Waals surface area contributed by atoms with Crippen LogP contribution in [0.25, 0.3) is 0 Å². The fourth-order valence-corrected chi connectivity index (χ4v) is 3.93. The first-order valence-electron chi connectivity index (χ1n) is 9.41. The predicted molar refractivity (Wildman–Crippen MR) is 110 cm³/mol. The Kier molecular flexibility index (Phi) is 6.82. The number of hydrogen-bond acceptors (Lipinski definition) is 7. The largest absolute Gasteiger partial charge is 0.452 e. The van der Waals surface area contributed by atoms with Gasteiger partial charge in [-0.3, -0.25) is 14.9 Å². The number of carbonyl (C=O) groups excluding carboxylic acids is 2. The lowest BCUT2D eigenvalue weighted by molar-refractivity contribution is -0.384. The fourth-order valence-electron chi connectivity index (χ4n) is 3.27. The SMILES string of the molecule is CN(Cc1ccsc1)C(=O)COC(=O)c1cc([N+](=O)[O-])ccc1N1CCCCC1. The Bertz CT molecular complexity index is 878. The number of nitro groups is 1. The molecule has 154 valence electrons. The summed E-state index contributed by atoms with van der Waals surface area (Å²) in [7, 11) is 1.64. The van der Waals surface area contributed by atoms with Crippen molar-refractivity contribution < 1.29 is 19.2 Å². The summed E-state index contributed by atoms with van der Waals surface area (Å²) in [5.41, 5.74) is 1.55. The molecule has 1 aromatic carbocycles. The van der Waals surface area contributed by atoms with Crippen molar-refractivity contribution in [1.29, 1.82) is 0 Å². The van der Waals surface area contributed by atoms with Crippen molar-refractivity contribution in [2.75, 3.05) is 31.6 Å². The predicted octanol–water partition coefficient (Wildman–Crippen LogP) is 3.46. The summed E-state index contributed by atoms with van der Waals surface area (Å²) in [5, 5.41) is 15.0. The van der Waals surface area contributed by atoms with E-state index in [1.807, 2.05) is 21.7 Å². The molecule has 0 spiro atoms. The number of nitro benzene ring substituents is 1. The molecular weight excluding hydrogens is 394 g/mol. The Hall–Kier alpha value is -2.94. The number of nitrogens with zero attached hydrogens (tertiary/aromatic N) is 3. The van der Waals surface area contributed by atoms with Crippen LogP contribution in [0.2, 0.25) is 0 Å². The van der Waals surface area contributed by atoms with Gasteiger partial charge in [0.2, 0.25) is 0 Å². The molecule has 1 amide bonds. The Morgan fingerprint density at radius 1 is 1.24 bits per heavy atom. The maximum absolute atomic E-state index is 12.7. The zero-order chi connectivity index (χ0) is 20.8. The maximum Gasteiger partial charge on any atom is 0.341 e. The van der Waals surface area contributed by atoms with Crippen molar-refractivity contribution in [2.24, 2.45) is 0 Å². The third-order valence-electron chi connectivity index (χ3n) is 4.86. The molecule has 0 bridgehead atoms. The number of carbonyl (C=O) groups is 2. The summed E-state index contributed by atoms with van der Waals surface area (Å²) in [4.78, 5) is 39.1. The van der Waals surface area contributed by atoms with Gasteiger partial charge in [0, 0.05) is 38.8 Å². The van der Waals surface area contributed by atoms with E-state index in [1.54, 1.807) is 24.5 Å². The molecule has 0 atom stereocenters. The first-order valence-corrected chi connectivity index (χ1v) is 10.4. The van der Waals surface area contributed by atoms with Gasteiger partial charge in [0.25, 0.3) is 11.6 Å². The molecule has 0 unspecified atom stereocenters. The second kappa shape index (κ2) is 9.51. The van der Waals surface area contributed by atoms with Crippen LogP contribution >= 0.6 is 11.3 Å². The number of hydrogen-bond donors (Lipinski definition) is 0. The van der Waals surface area contributed by atoms with E-state index in [0.717, 1.165) is 37.9 Å². The molecule has 0 saturated carbocycles. The van der Waals surface area contributed by atoms with Gasteiger partial charge in [0.1, 0.15) is 0 Å². The van der Waals surface area contributed by atoms with Gasteiger partial charge in [-0.25, -0.2) is 4.79 Å². The van der Waals surface area contributed by atoms with Crippen LogP contribution in [0.15, 0.2) is 35.0 Å². The molecule has 8 nitrogen and oxygen atoms in total. The molecule has 0 N–H and O–H groups in total. The monoisotopic (exact) mass is 417 g/mol. The van der Waals surface area contributed by atoms with Crippen molar-refractivity contribution in [3.8, 4) is 0 Å². The third-order valence-corrected chi connectivity index (χ3v) is 5.59. The van der Waals surface area contributed by atoms with Gasteiger partial charge in [-0.1, -0.05) is 0 Å². The van der Waals surface area contributed by atoms with Crippen LogP contribution in [-0.4, -0.2) is 48.4 Å². The van der Waals surface area contributed by atoms with E-state index in [4.69, 9.17) is 4.74 Å². The number of non-ortho nitro benzene ring substituents is 1. The van der Waals surface area contributed by atoms with Gasteiger partial charge in [0.05, 0.1) is 16.2 Å². The highest BCUT2D eigenvalue weighted by Crippen LogP contribution is 2.28. The van der Waals surface area contributed by atoms with Crippen LogP contribution in [0.4, 0.5) is 11.4 Å². The highest BCUT2D eigenvalue weighted by molar-refractivity contribution is 7.07. The van der Waals surface area contributed by atoms with E-state index in [1.165, 1.54) is 17.0 Å². The minimum atomic E-state index is -0.730.